The molecule has 4 nitrogen and oxygen atoms in total. The van der Waals surface area contributed by atoms with Crippen LogP contribution in [0.3, 0.4) is 0 Å². The van der Waals surface area contributed by atoms with Gasteiger partial charge in [-0.2, -0.15) is 0 Å². The third-order valence-electron chi connectivity index (χ3n) is 3.77. The molecular weight excluding hydrogens is 228 g/mol. The van der Waals surface area contributed by atoms with E-state index in [1.165, 1.54) is 32.1 Å². The third kappa shape index (κ3) is 5.83. The largest absolute Gasteiger partial charge is 0.383 e. The number of carbonyl (C=O) groups excluding carboxylic acids is 1. The first-order valence-corrected chi connectivity index (χ1v) is 7.27. The number of hydrogen-bond donors (Lipinski definition) is 2. The minimum atomic E-state index is 0.114. The van der Waals surface area contributed by atoms with Crippen LogP contribution in [0.2, 0.25) is 0 Å². The average Bonchev–Trinajstić information content (AvgIpc) is 2.42. The van der Waals surface area contributed by atoms with E-state index in [2.05, 4.69) is 17.6 Å². The molecule has 0 aliphatic heterocycles. The Morgan fingerprint density at radius 2 is 2.06 bits per heavy atom. The monoisotopic (exact) mass is 256 g/mol. The van der Waals surface area contributed by atoms with Crippen molar-refractivity contribution < 1.29 is 9.53 Å². The molecule has 0 aromatic rings. The van der Waals surface area contributed by atoms with Crippen LogP contribution >= 0.6 is 0 Å². The van der Waals surface area contributed by atoms with Crippen molar-refractivity contribution in [3.63, 3.8) is 0 Å². The first-order valence-electron chi connectivity index (χ1n) is 7.27. The van der Waals surface area contributed by atoms with Crippen molar-refractivity contribution in [3.05, 3.63) is 0 Å². The number of ether oxygens (including phenoxy) is 1. The summed E-state index contributed by atoms with van der Waals surface area (Å²) in [5.74, 6) is 0.801. The van der Waals surface area contributed by atoms with Crippen molar-refractivity contribution in [2.75, 3.05) is 26.8 Å². The van der Waals surface area contributed by atoms with Gasteiger partial charge in [-0.25, -0.2) is 0 Å². The fourth-order valence-corrected chi connectivity index (χ4v) is 2.72. The molecule has 1 fully saturated rings. The Balaban J connectivity index is 2.22. The lowest BCUT2D eigenvalue weighted by molar-refractivity contribution is -0.121. The molecule has 0 radical (unpaired) electrons. The number of carbonyl (C=O) groups is 1. The Kier molecular flexibility index (Phi) is 8.01. The summed E-state index contributed by atoms with van der Waals surface area (Å²) in [6.07, 6.45) is 7.59. The van der Waals surface area contributed by atoms with E-state index in [1.54, 1.807) is 7.11 Å². The van der Waals surface area contributed by atoms with Gasteiger partial charge in [0.1, 0.15) is 0 Å². The highest BCUT2D eigenvalue weighted by Gasteiger charge is 2.23. The lowest BCUT2D eigenvalue weighted by Gasteiger charge is -2.30. The van der Waals surface area contributed by atoms with Crippen molar-refractivity contribution in [2.45, 2.75) is 51.5 Å². The maximum atomic E-state index is 11.8. The molecule has 1 saturated carbocycles. The third-order valence-corrected chi connectivity index (χ3v) is 3.77. The average molecular weight is 256 g/mol. The first-order chi connectivity index (χ1) is 8.77. The number of amides is 1. The second-order valence-corrected chi connectivity index (χ2v) is 5.15. The molecule has 0 aromatic heterocycles. The van der Waals surface area contributed by atoms with Gasteiger partial charge >= 0.3 is 0 Å². The van der Waals surface area contributed by atoms with Crippen LogP contribution in [0.25, 0.3) is 0 Å². The molecule has 1 atom stereocenters. The zero-order chi connectivity index (χ0) is 13.2. The molecule has 1 aliphatic rings. The van der Waals surface area contributed by atoms with Gasteiger partial charge in [-0.15, -0.1) is 0 Å². The van der Waals surface area contributed by atoms with Gasteiger partial charge in [-0.3, -0.25) is 4.79 Å². The Morgan fingerprint density at radius 3 is 2.67 bits per heavy atom. The first kappa shape index (κ1) is 15.4. The Morgan fingerprint density at radius 1 is 1.33 bits per heavy atom. The summed E-state index contributed by atoms with van der Waals surface area (Å²) in [6.45, 7) is 3.93. The Hall–Kier alpha value is -0.610. The summed E-state index contributed by atoms with van der Waals surface area (Å²) in [4.78, 5) is 11.8. The van der Waals surface area contributed by atoms with Gasteiger partial charge in [-0.1, -0.05) is 26.2 Å². The minimum absolute atomic E-state index is 0.114. The second kappa shape index (κ2) is 9.34. The van der Waals surface area contributed by atoms with Crippen LogP contribution in [0, 0.1) is 5.92 Å². The molecule has 1 amide bonds. The summed E-state index contributed by atoms with van der Waals surface area (Å²) >= 11 is 0. The molecule has 0 spiro atoms. The van der Waals surface area contributed by atoms with Crippen LogP contribution in [0.1, 0.15) is 45.4 Å². The van der Waals surface area contributed by atoms with Crippen molar-refractivity contribution >= 4 is 5.91 Å². The van der Waals surface area contributed by atoms with Crippen molar-refractivity contribution in [2.24, 2.45) is 5.92 Å². The minimum Gasteiger partial charge on any atom is -0.383 e. The highest BCUT2D eigenvalue weighted by Crippen LogP contribution is 2.27. The van der Waals surface area contributed by atoms with E-state index >= 15 is 0 Å². The highest BCUT2D eigenvalue weighted by atomic mass is 16.5. The zero-order valence-corrected chi connectivity index (χ0v) is 11.8. The summed E-state index contributed by atoms with van der Waals surface area (Å²) in [5.41, 5.74) is 0. The van der Waals surface area contributed by atoms with E-state index in [9.17, 15) is 4.79 Å². The molecule has 0 heterocycles. The van der Waals surface area contributed by atoms with Crippen molar-refractivity contribution in [1.29, 1.82) is 0 Å². The smallest absolute Gasteiger partial charge is 0.234 e. The summed E-state index contributed by atoms with van der Waals surface area (Å²) < 4.78 is 4.93. The van der Waals surface area contributed by atoms with Gasteiger partial charge in [-0.05, 0) is 25.2 Å². The van der Waals surface area contributed by atoms with E-state index in [4.69, 9.17) is 4.74 Å². The zero-order valence-electron chi connectivity index (χ0n) is 11.8. The standard InChI is InChI=1S/C14H28N2O2/c1-3-13(12-7-5-4-6-8-12)16-14(17)11-15-9-10-18-2/h12-13,15H,3-11H2,1-2H3,(H,16,17). The van der Waals surface area contributed by atoms with E-state index in [1.807, 2.05) is 0 Å². The van der Waals surface area contributed by atoms with Gasteiger partial charge in [0.05, 0.1) is 13.2 Å². The maximum Gasteiger partial charge on any atom is 0.234 e. The molecule has 1 unspecified atom stereocenters. The lowest BCUT2D eigenvalue weighted by Crippen LogP contribution is -2.44. The number of rotatable bonds is 8. The molecule has 1 aliphatic carbocycles. The van der Waals surface area contributed by atoms with E-state index in [-0.39, 0.29) is 5.91 Å². The predicted molar refractivity (Wildman–Crippen MR) is 73.5 cm³/mol. The summed E-state index contributed by atoms with van der Waals surface area (Å²) in [5, 5.41) is 6.25. The number of hydrogen-bond acceptors (Lipinski definition) is 3. The fraction of sp³-hybridized carbons (Fsp3) is 0.929. The van der Waals surface area contributed by atoms with Crippen LogP contribution in [0.15, 0.2) is 0 Å². The molecule has 0 saturated heterocycles. The van der Waals surface area contributed by atoms with Crippen LogP contribution in [-0.4, -0.2) is 38.8 Å². The molecule has 1 rings (SSSR count). The molecule has 2 N–H and O–H groups in total. The van der Waals surface area contributed by atoms with Crippen LogP contribution in [0.4, 0.5) is 0 Å². The summed E-state index contributed by atoms with van der Waals surface area (Å²) in [7, 11) is 1.66. The predicted octanol–water partition coefficient (Wildman–Crippen LogP) is 1.70. The van der Waals surface area contributed by atoms with Crippen LogP contribution < -0.4 is 10.6 Å². The van der Waals surface area contributed by atoms with Gasteiger partial charge in [0.2, 0.25) is 5.91 Å². The lowest BCUT2D eigenvalue weighted by atomic mass is 9.83. The molecule has 18 heavy (non-hydrogen) atoms. The van der Waals surface area contributed by atoms with Crippen molar-refractivity contribution in [1.82, 2.24) is 10.6 Å². The van der Waals surface area contributed by atoms with E-state index < -0.39 is 0 Å². The van der Waals surface area contributed by atoms with Gasteiger partial charge in [0.25, 0.3) is 0 Å². The quantitative estimate of drug-likeness (QED) is 0.650. The molecule has 0 aromatic carbocycles. The Labute approximate surface area is 111 Å². The highest BCUT2D eigenvalue weighted by molar-refractivity contribution is 5.78. The number of nitrogens with one attached hydrogen (secondary N) is 2. The normalized spacial score (nSPS) is 18.6. The molecular formula is C14H28N2O2. The molecule has 4 heteroatoms. The van der Waals surface area contributed by atoms with Crippen LogP contribution in [0.5, 0.6) is 0 Å². The van der Waals surface area contributed by atoms with Gasteiger partial charge < -0.3 is 15.4 Å². The van der Waals surface area contributed by atoms with Crippen LogP contribution in [-0.2, 0) is 9.53 Å². The second-order valence-electron chi connectivity index (χ2n) is 5.15. The van der Waals surface area contributed by atoms with Gasteiger partial charge in [0, 0.05) is 19.7 Å². The topological polar surface area (TPSA) is 50.4 Å². The van der Waals surface area contributed by atoms with Gasteiger partial charge in [0.15, 0.2) is 0 Å². The van der Waals surface area contributed by atoms with E-state index in [0.717, 1.165) is 13.0 Å². The van der Waals surface area contributed by atoms with Crippen molar-refractivity contribution in [3.8, 4) is 0 Å². The number of methoxy groups -OCH3 is 1. The summed E-state index contributed by atoms with van der Waals surface area (Å²) in [6, 6.07) is 0.363. The fourth-order valence-electron chi connectivity index (χ4n) is 2.72. The Bertz CT molecular complexity index is 228. The maximum absolute atomic E-state index is 11.8. The molecule has 106 valence electrons. The SMILES string of the molecule is CCC(NC(=O)CNCCOC)C1CCCCC1. The van der Waals surface area contributed by atoms with E-state index in [0.29, 0.717) is 25.1 Å². The molecule has 0 bridgehead atoms.